The van der Waals surface area contributed by atoms with Crippen molar-refractivity contribution in [2.75, 3.05) is 20.3 Å². The molecule has 0 aliphatic rings. The van der Waals surface area contributed by atoms with E-state index in [1.807, 2.05) is 31.2 Å². The third kappa shape index (κ3) is 7.57. The smallest absolute Gasteiger partial charge is 0.223 e. The maximum absolute atomic E-state index is 12.1. The zero-order valence-corrected chi connectivity index (χ0v) is 15.2. The predicted molar refractivity (Wildman–Crippen MR) is 95.4 cm³/mol. The lowest BCUT2D eigenvalue weighted by Crippen LogP contribution is -2.52. The molecule has 0 aliphatic carbocycles. The first-order chi connectivity index (χ1) is 10.4. The van der Waals surface area contributed by atoms with E-state index < -0.39 is 0 Å². The molecular weight excluding hydrogens is 316 g/mol. The number of carbonyl (C=O) groups is 1. The van der Waals surface area contributed by atoms with Gasteiger partial charge in [0, 0.05) is 12.1 Å². The van der Waals surface area contributed by atoms with Crippen molar-refractivity contribution in [3.05, 3.63) is 24.3 Å². The Morgan fingerprint density at radius 2 is 1.91 bits per heavy atom. The van der Waals surface area contributed by atoms with E-state index in [1.165, 1.54) is 0 Å². The molecule has 0 spiro atoms. The number of amides is 1. The number of methoxy groups -OCH3 is 1. The zero-order valence-electron chi connectivity index (χ0n) is 14.4. The van der Waals surface area contributed by atoms with Crippen molar-refractivity contribution in [1.29, 1.82) is 0 Å². The van der Waals surface area contributed by atoms with Crippen LogP contribution in [0.15, 0.2) is 24.3 Å². The number of nitrogens with one attached hydrogen (secondary N) is 1. The van der Waals surface area contributed by atoms with E-state index in [4.69, 9.17) is 15.2 Å². The average molecular weight is 345 g/mol. The van der Waals surface area contributed by atoms with Gasteiger partial charge in [-0.15, -0.1) is 12.4 Å². The number of ether oxygens (including phenoxy) is 2. The van der Waals surface area contributed by atoms with E-state index in [-0.39, 0.29) is 30.3 Å². The summed E-state index contributed by atoms with van der Waals surface area (Å²) in [5.74, 6) is 1.72. The van der Waals surface area contributed by atoms with Gasteiger partial charge in [0.05, 0.1) is 20.1 Å². The molecule has 0 radical (unpaired) electrons. The summed E-state index contributed by atoms with van der Waals surface area (Å²) in [5.41, 5.74) is 5.43. The topological polar surface area (TPSA) is 73.6 Å². The molecular formula is C17H29ClN2O3. The van der Waals surface area contributed by atoms with Crippen LogP contribution in [0.25, 0.3) is 0 Å². The van der Waals surface area contributed by atoms with Crippen molar-refractivity contribution in [3.8, 4) is 11.5 Å². The summed E-state index contributed by atoms with van der Waals surface area (Å²) in [4.78, 5) is 12.1. The van der Waals surface area contributed by atoms with Crippen molar-refractivity contribution in [3.63, 3.8) is 0 Å². The molecule has 3 N–H and O–H groups in total. The highest BCUT2D eigenvalue weighted by atomic mass is 35.5. The Kier molecular flexibility index (Phi) is 9.68. The Labute approximate surface area is 145 Å². The molecule has 0 aliphatic heterocycles. The summed E-state index contributed by atoms with van der Waals surface area (Å²) in [6, 6.07) is 7.38. The van der Waals surface area contributed by atoms with Gasteiger partial charge in [-0.1, -0.05) is 26.0 Å². The van der Waals surface area contributed by atoms with E-state index >= 15 is 0 Å². The van der Waals surface area contributed by atoms with Gasteiger partial charge in [-0.2, -0.15) is 0 Å². The van der Waals surface area contributed by atoms with E-state index in [0.717, 1.165) is 6.42 Å². The first-order valence-corrected chi connectivity index (χ1v) is 7.67. The summed E-state index contributed by atoms with van der Waals surface area (Å²) >= 11 is 0. The highest BCUT2D eigenvalue weighted by Crippen LogP contribution is 2.25. The molecule has 132 valence electrons. The number of para-hydroxylation sites is 2. The molecule has 1 aromatic rings. The van der Waals surface area contributed by atoms with Gasteiger partial charge in [0.2, 0.25) is 5.91 Å². The van der Waals surface area contributed by atoms with Crippen molar-refractivity contribution in [2.24, 2.45) is 11.7 Å². The van der Waals surface area contributed by atoms with Crippen LogP contribution in [0.1, 0.15) is 33.6 Å². The first-order valence-electron chi connectivity index (χ1n) is 7.67. The summed E-state index contributed by atoms with van der Waals surface area (Å²) < 4.78 is 10.8. The fourth-order valence-electron chi connectivity index (χ4n) is 2.48. The standard InChI is InChI=1S/C17H28N2O3.ClH/c1-13(2)11-17(3,12-18)19-16(20)9-10-22-15-8-6-5-7-14(15)21-4;/h5-8,13H,9-12,18H2,1-4H3,(H,19,20);1H. The van der Waals surface area contributed by atoms with Gasteiger partial charge in [0.25, 0.3) is 0 Å². The number of hydrogen-bond donors (Lipinski definition) is 2. The quantitative estimate of drug-likeness (QED) is 0.722. The lowest BCUT2D eigenvalue weighted by molar-refractivity contribution is -0.123. The summed E-state index contributed by atoms with van der Waals surface area (Å²) in [6.45, 7) is 6.93. The van der Waals surface area contributed by atoms with Crippen LogP contribution in [0, 0.1) is 5.92 Å². The van der Waals surface area contributed by atoms with Crippen LogP contribution < -0.4 is 20.5 Å². The lowest BCUT2D eigenvalue weighted by Gasteiger charge is -2.31. The minimum atomic E-state index is -0.365. The molecule has 0 heterocycles. The summed E-state index contributed by atoms with van der Waals surface area (Å²) in [5, 5.41) is 3.01. The number of halogens is 1. The van der Waals surface area contributed by atoms with E-state index in [2.05, 4.69) is 19.2 Å². The van der Waals surface area contributed by atoms with Crippen molar-refractivity contribution in [1.82, 2.24) is 5.32 Å². The molecule has 1 aromatic carbocycles. The van der Waals surface area contributed by atoms with E-state index in [1.54, 1.807) is 7.11 Å². The Bertz CT molecular complexity index is 483. The molecule has 23 heavy (non-hydrogen) atoms. The molecule has 0 aromatic heterocycles. The van der Waals surface area contributed by atoms with Gasteiger partial charge in [0.15, 0.2) is 11.5 Å². The SMILES string of the molecule is COc1ccccc1OCCC(=O)NC(C)(CN)CC(C)C.Cl. The molecule has 1 atom stereocenters. The van der Waals surface area contributed by atoms with Crippen LogP contribution in [0.5, 0.6) is 11.5 Å². The Hall–Kier alpha value is -1.46. The second-order valence-corrected chi connectivity index (χ2v) is 6.16. The van der Waals surface area contributed by atoms with Gasteiger partial charge in [-0.05, 0) is 31.4 Å². The second-order valence-electron chi connectivity index (χ2n) is 6.16. The maximum Gasteiger partial charge on any atom is 0.223 e. The van der Waals surface area contributed by atoms with Gasteiger partial charge in [-0.3, -0.25) is 4.79 Å². The van der Waals surface area contributed by atoms with Crippen LogP contribution in [0.2, 0.25) is 0 Å². The maximum atomic E-state index is 12.1. The van der Waals surface area contributed by atoms with Crippen LogP contribution in [-0.2, 0) is 4.79 Å². The molecule has 1 amide bonds. The molecule has 1 unspecified atom stereocenters. The average Bonchev–Trinajstić information content (AvgIpc) is 2.46. The number of carbonyl (C=O) groups excluding carboxylic acids is 1. The normalized spacial score (nSPS) is 13.0. The van der Waals surface area contributed by atoms with E-state index in [9.17, 15) is 4.79 Å². The van der Waals surface area contributed by atoms with Crippen LogP contribution in [-0.4, -0.2) is 31.7 Å². The zero-order chi connectivity index (χ0) is 16.6. The fraction of sp³-hybridized carbons (Fsp3) is 0.588. The Morgan fingerprint density at radius 3 is 2.43 bits per heavy atom. The number of nitrogens with two attached hydrogens (primary N) is 1. The van der Waals surface area contributed by atoms with Crippen molar-refractivity contribution < 1.29 is 14.3 Å². The van der Waals surface area contributed by atoms with Gasteiger partial charge < -0.3 is 20.5 Å². The third-order valence-corrected chi connectivity index (χ3v) is 3.41. The van der Waals surface area contributed by atoms with Crippen molar-refractivity contribution >= 4 is 18.3 Å². The Morgan fingerprint density at radius 1 is 1.30 bits per heavy atom. The van der Waals surface area contributed by atoms with Crippen molar-refractivity contribution in [2.45, 2.75) is 39.2 Å². The minimum Gasteiger partial charge on any atom is -0.493 e. The fourth-order valence-corrected chi connectivity index (χ4v) is 2.48. The molecule has 0 fully saturated rings. The largest absolute Gasteiger partial charge is 0.493 e. The molecule has 0 saturated carbocycles. The molecule has 5 nitrogen and oxygen atoms in total. The molecule has 0 saturated heterocycles. The van der Waals surface area contributed by atoms with E-state index in [0.29, 0.717) is 30.6 Å². The second kappa shape index (κ2) is 10.3. The molecule has 6 heteroatoms. The summed E-state index contributed by atoms with van der Waals surface area (Å²) in [7, 11) is 1.59. The molecule has 1 rings (SSSR count). The number of benzene rings is 1. The van der Waals surface area contributed by atoms with Crippen LogP contribution >= 0.6 is 12.4 Å². The number of hydrogen-bond acceptors (Lipinski definition) is 4. The Balaban J connectivity index is 0.00000484. The summed E-state index contributed by atoms with van der Waals surface area (Å²) in [6.07, 6.45) is 1.13. The predicted octanol–water partition coefficient (Wildman–Crippen LogP) is 2.77. The first kappa shape index (κ1) is 21.5. The third-order valence-electron chi connectivity index (χ3n) is 3.41. The monoisotopic (exact) mass is 344 g/mol. The highest BCUT2D eigenvalue weighted by Gasteiger charge is 2.25. The lowest BCUT2D eigenvalue weighted by atomic mass is 9.90. The number of rotatable bonds is 9. The van der Waals surface area contributed by atoms with Gasteiger partial charge >= 0.3 is 0 Å². The highest BCUT2D eigenvalue weighted by molar-refractivity contribution is 5.85. The minimum absolute atomic E-state index is 0. The van der Waals surface area contributed by atoms with Crippen LogP contribution in [0.4, 0.5) is 0 Å². The molecule has 0 bridgehead atoms. The van der Waals surface area contributed by atoms with Gasteiger partial charge in [-0.25, -0.2) is 0 Å². The van der Waals surface area contributed by atoms with Crippen LogP contribution in [0.3, 0.4) is 0 Å². The van der Waals surface area contributed by atoms with Gasteiger partial charge in [0.1, 0.15) is 0 Å².